The van der Waals surface area contributed by atoms with Gasteiger partial charge in [-0.05, 0) is 49.6 Å². The molecule has 0 unspecified atom stereocenters. The van der Waals surface area contributed by atoms with Gasteiger partial charge in [0.25, 0.3) is 11.6 Å². The molecule has 1 atom stereocenters. The van der Waals surface area contributed by atoms with E-state index in [1.165, 1.54) is 30.0 Å². The van der Waals surface area contributed by atoms with E-state index in [1.807, 2.05) is 0 Å². The lowest BCUT2D eigenvalue weighted by molar-refractivity contribution is -0.387. The average molecular weight is 415 g/mol. The van der Waals surface area contributed by atoms with Crippen LogP contribution in [0, 0.1) is 10.1 Å². The fourth-order valence-corrected chi connectivity index (χ4v) is 3.03. The smallest absolute Gasteiger partial charge is 0.339 e. The molecule has 0 bridgehead atoms. The molecule has 150 valence electrons. The number of hydrogen-bond donors (Lipinski definition) is 0. The Kier molecular flexibility index (Phi) is 6.13. The largest absolute Gasteiger partial charge is 0.497 e. The van der Waals surface area contributed by atoms with Gasteiger partial charge in [0.2, 0.25) is 5.89 Å². The third-order valence-corrected chi connectivity index (χ3v) is 4.81. The number of esters is 1. The molecule has 2 aromatic carbocycles. The first-order valence-corrected chi connectivity index (χ1v) is 9.66. The van der Waals surface area contributed by atoms with E-state index in [2.05, 4.69) is 10.2 Å². The normalized spacial score (nSPS) is 11.7. The summed E-state index contributed by atoms with van der Waals surface area (Å²) in [5.41, 5.74) is 0.599. The van der Waals surface area contributed by atoms with E-state index in [4.69, 9.17) is 13.9 Å². The van der Waals surface area contributed by atoms with Gasteiger partial charge in [-0.25, -0.2) is 4.79 Å². The summed E-state index contributed by atoms with van der Waals surface area (Å²) in [7, 11) is 1.57. The van der Waals surface area contributed by atoms with Crippen molar-refractivity contribution in [3.8, 4) is 17.2 Å². The lowest BCUT2D eigenvalue weighted by Crippen LogP contribution is -2.10. The number of benzene rings is 2. The molecule has 1 heterocycles. The maximum absolute atomic E-state index is 12.4. The van der Waals surface area contributed by atoms with E-state index in [-0.39, 0.29) is 23.0 Å². The number of ether oxygens (including phenoxy) is 2. The molecule has 0 aliphatic rings. The molecule has 0 N–H and O–H groups in total. The Balaban J connectivity index is 1.74. The van der Waals surface area contributed by atoms with Crippen LogP contribution in [0.4, 0.5) is 5.69 Å². The standard InChI is InChI=1S/C19H17N3O6S/c1-11(17-20-21-18(28-17)12-4-7-14(26-2)8-5-12)27-19(23)13-6-9-16(29-3)15(10-13)22(24)25/h4-11H,1-3H3/t11-/m1/s1. The van der Waals surface area contributed by atoms with Crippen molar-refractivity contribution < 1.29 is 23.6 Å². The Morgan fingerprint density at radius 2 is 1.93 bits per heavy atom. The molecule has 0 amide bonds. The molecule has 3 aromatic rings. The molecule has 3 rings (SSSR count). The van der Waals surface area contributed by atoms with Crippen LogP contribution in [0.15, 0.2) is 51.8 Å². The quantitative estimate of drug-likeness (QED) is 0.241. The molecule has 10 heteroatoms. The van der Waals surface area contributed by atoms with Gasteiger partial charge in [0.1, 0.15) is 5.75 Å². The van der Waals surface area contributed by atoms with Crippen molar-refractivity contribution in [3.63, 3.8) is 0 Å². The first-order valence-electron chi connectivity index (χ1n) is 8.44. The Hall–Kier alpha value is -3.40. The van der Waals surface area contributed by atoms with Gasteiger partial charge in [-0.2, -0.15) is 0 Å². The van der Waals surface area contributed by atoms with Crippen molar-refractivity contribution in [2.75, 3.05) is 13.4 Å². The van der Waals surface area contributed by atoms with Crippen LogP contribution in [0.3, 0.4) is 0 Å². The molecular formula is C19H17N3O6S. The Morgan fingerprint density at radius 3 is 2.55 bits per heavy atom. The van der Waals surface area contributed by atoms with Crippen molar-refractivity contribution >= 4 is 23.4 Å². The minimum absolute atomic E-state index is 0.0660. The maximum atomic E-state index is 12.4. The van der Waals surface area contributed by atoms with E-state index >= 15 is 0 Å². The number of nitro groups is 1. The number of carbonyl (C=O) groups excluding carboxylic acids is 1. The van der Waals surface area contributed by atoms with E-state index in [1.54, 1.807) is 44.6 Å². The van der Waals surface area contributed by atoms with Crippen LogP contribution in [-0.2, 0) is 4.74 Å². The molecule has 0 saturated carbocycles. The van der Waals surface area contributed by atoms with Crippen LogP contribution in [-0.4, -0.2) is 34.5 Å². The monoisotopic (exact) mass is 415 g/mol. The van der Waals surface area contributed by atoms with Crippen molar-refractivity contribution in [2.45, 2.75) is 17.9 Å². The van der Waals surface area contributed by atoms with Gasteiger partial charge in [0.05, 0.1) is 22.5 Å². The molecule has 1 aromatic heterocycles. The average Bonchev–Trinajstić information content (AvgIpc) is 3.23. The number of nitrogens with zero attached hydrogens (tertiary/aromatic N) is 3. The summed E-state index contributed by atoms with van der Waals surface area (Å²) in [6.07, 6.45) is 0.888. The van der Waals surface area contributed by atoms with Gasteiger partial charge in [-0.3, -0.25) is 10.1 Å². The highest BCUT2D eigenvalue weighted by Gasteiger charge is 2.22. The number of aromatic nitrogens is 2. The van der Waals surface area contributed by atoms with Crippen molar-refractivity contribution in [3.05, 3.63) is 64.0 Å². The lowest BCUT2D eigenvalue weighted by atomic mass is 10.2. The minimum atomic E-state index is -0.832. The van der Waals surface area contributed by atoms with Gasteiger partial charge in [-0.15, -0.1) is 22.0 Å². The van der Waals surface area contributed by atoms with Crippen LogP contribution < -0.4 is 4.74 Å². The zero-order valence-electron chi connectivity index (χ0n) is 15.8. The van der Waals surface area contributed by atoms with Crippen LogP contribution in [0.1, 0.15) is 29.3 Å². The number of nitro benzene ring substituents is 1. The second-order valence-electron chi connectivity index (χ2n) is 5.87. The van der Waals surface area contributed by atoms with Crippen LogP contribution in [0.2, 0.25) is 0 Å². The predicted octanol–water partition coefficient (Wildman–Crippen LogP) is 4.29. The maximum Gasteiger partial charge on any atom is 0.339 e. The third kappa shape index (κ3) is 4.54. The summed E-state index contributed by atoms with van der Waals surface area (Å²) in [6.45, 7) is 1.58. The molecule has 29 heavy (non-hydrogen) atoms. The molecular weight excluding hydrogens is 398 g/mol. The first-order chi connectivity index (χ1) is 13.9. The van der Waals surface area contributed by atoms with Crippen LogP contribution in [0.25, 0.3) is 11.5 Å². The zero-order chi connectivity index (χ0) is 21.0. The fourth-order valence-electron chi connectivity index (χ4n) is 2.49. The first kappa shape index (κ1) is 20.3. The number of carbonyl (C=O) groups is 1. The summed E-state index contributed by atoms with van der Waals surface area (Å²) in [5.74, 6) is 0.347. The molecule has 0 spiro atoms. The van der Waals surface area contributed by atoms with E-state index in [9.17, 15) is 14.9 Å². The number of hydrogen-bond acceptors (Lipinski definition) is 9. The fraction of sp³-hybridized carbons (Fsp3) is 0.211. The Bertz CT molecular complexity index is 1030. The van der Waals surface area contributed by atoms with E-state index < -0.39 is 17.0 Å². The predicted molar refractivity (Wildman–Crippen MR) is 105 cm³/mol. The molecule has 0 aliphatic carbocycles. The Morgan fingerprint density at radius 1 is 1.21 bits per heavy atom. The van der Waals surface area contributed by atoms with Gasteiger partial charge in [-0.1, -0.05) is 0 Å². The molecule has 0 fully saturated rings. The minimum Gasteiger partial charge on any atom is -0.497 e. The highest BCUT2D eigenvalue weighted by molar-refractivity contribution is 7.98. The zero-order valence-corrected chi connectivity index (χ0v) is 16.6. The third-order valence-electron chi connectivity index (χ3n) is 4.02. The summed E-state index contributed by atoms with van der Waals surface area (Å²) in [6, 6.07) is 11.2. The summed E-state index contributed by atoms with van der Waals surface area (Å²) >= 11 is 1.22. The molecule has 0 radical (unpaired) electrons. The number of methoxy groups -OCH3 is 1. The summed E-state index contributed by atoms with van der Waals surface area (Å²) < 4.78 is 16.0. The SMILES string of the molecule is COc1ccc(-c2nnc([C@@H](C)OC(=O)c3ccc(SC)c([N+](=O)[O-])c3)o2)cc1. The van der Waals surface area contributed by atoms with Gasteiger partial charge in [0, 0.05) is 11.6 Å². The topological polar surface area (TPSA) is 118 Å². The van der Waals surface area contributed by atoms with Crippen LogP contribution in [0.5, 0.6) is 5.75 Å². The molecule has 0 saturated heterocycles. The molecule has 0 aliphatic heterocycles. The van der Waals surface area contributed by atoms with Gasteiger partial charge >= 0.3 is 5.97 Å². The molecule has 9 nitrogen and oxygen atoms in total. The van der Waals surface area contributed by atoms with Crippen molar-refractivity contribution in [1.82, 2.24) is 10.2 Å². The highest BCUT2D eigenvalue weighted by atomic mass is 32.2. The van der Waals surface area contributed by atoms with Gasteiger partial charge < -0.3 is 13.9 Å². The van der Waals surface area contributed by atoms with E-state index in [0.29, 0.717) is 16.2 Å². The van der Waals surface area contributed by atoms with Gasteiger partial charge in [0.15, 0.2) is 6.10 Å². The second-order valence-corrected chi connectivity index (χ2v) is 6.71. The van der Waals surface area contributed by atoms with Crippen molar-refractivity contribution in [1.29, 1.82) is 0 Å². The summed E-state index contributed by atoms with van der Waals surface area (Å²) in [5, 5.41) is 19.1. The van der Waals surface area contributed by atoms with Crippen molar-refractivity contribution in [2.24, 2.45) is 0 Å². The van der Waals surface area contributed by atoms with E-state index in [0.717, 1.165) is 0 Å². The highest BCUT2D eigenvalue weighted by Crippen LogP contribution is 2.29. The lowest BCUT2D eigenvalue weighted by Gasteiger charge is -2.10. The number of thioether (sulfide) groups is 1. The second kappa shape index (κ2) is 8.74. The Labute approximate surface area is 170 Å². The van der Waals surface area contributed by atoms with Crippen LogP contribution >= 0.6 is 11.8 Å². The summed E-state index contributed by atoms with van der Waals surface area (Å²) in [4.78, 5) is 23.5. The number of rotatable bonds is 7.